The average molecular weight is 580 g/mol. The highest BCUT2D eigenvalue weighted by Crippen LogP contribution is 2.54. The molecule has 3 heterocycles. The van der Waals surface area contributed by atoms with Crippen LogP contribution in [0.3, 0.4) is 0 Å². The van der Waals surface area contributed by atoms with Gasteiger partial charge < -0.3 is 0 Å². The maximum absolute atomic E-state index is 5.00. The van der Waals surface area contributed by atoms with Crippen molar-refractivity contribution in [3.8, 4) is 67.2 Å². The minimum Gasteiger partial charge on any atom is -0.256 e. The zero-order chi connectivity index (χ0) is 30.8. The molecule has 7 rings (SSSR count). The summed E-state index contributed by atoms with van der Waals surface area (Å²) < 4.78 is 0. The Morgan fingerprint density at radius 1 is 0.289 bits per heavy atom. The van der Waals surface area contributed by atoms with Crippen molar-refractivity contribution in [2.45, 2.75) is 20.8 Å². The number of rotatable bonds is 6. The molecule has 0 unspecified atom stereocenters. The number of pyridine rings is 3. The fraction of sp³-hybridized carbons (Fsp3) is 0.0714. The van der Waals surface area contributed by atoms with Crippen LogP contribution in [0.4, 0.5) is 0 Å². The van der Waals surface area contributed by atoms with E-state index in [9.17, 15) is 0 Å². The van der Waals surface area contributed by atoms with Crippen LogP contribution in [-0.2, 0) is 0 Å². The van der Waals surface area contributed by atoms with Gasteiger partial charge in [0.05, 0.1) is 17.1 Å². The summed E-state index contributed by atoms with van der Waals surface area (Å²) in [6.45, 7) is 6.38. The molecule has 4 aromatic carbocycles. The first kappa shape index (κ1) is 28.1. The molecule has 0 bridgehead atoms. The van der Waals surface area contributed by atoms with Gasteiger partial charge in [0, 0.05) is 52.0 Å². The van der Waals surface area contributed by atoms with Crippen molar-refractivity contribution in [2.24, 2.45) is 0 Å². The van der Waals surface area contributed by atoms with Gasteiger partial charge in [0.2, 0.25) is 0 Å². The minimum absolute atomic E-state index is 0.897. The van der Waals surface area contributed by atoms with Crippen LogP contribution in [0.2, 0.25) is 0 Å². The molecule has 3 heteroatoms. The summed E-state index contributed by atoms with van der Waals surface area (Å²) in [4.78, 5) is 15.0. The van der Waals surface area contributed by atoms with Crippen LogP contribution in [0.1, 0.15) is 16.7 Å². The van der Waals surface area contributed by atoms with Crippen molar-refractivity contribution < 1.29 is 0 Å². The summed E-state index contributed by atoms with van der Waals surface area (Å²) in [5.74, 6) is 0. The van der Waals surface area contributed by atoms with Gasteiger partial charge in [0.15, 0.2) is 0 Å². The van der Waals surface area contributed by atoms with E-state index in [2.05, 4.69) is 130 Å². The summed E-state index contributed by atoms with van der Waals surface area (Å²) in [5, 5.41) is 0. The summed E-state index contributed by atoms with van der Waals surface area (Å²) >= 11 is 0. The van der Waals surface area contributed by atoms with Crippen molar-refractivity contribution in [2.75, 3.05) is 0 Å². The molecule has 0 radical (unpaired) electrons. The molecular formula is C42H33N3. The molecule has 0 spiro atoms. The number of aromatic nitrogens is 3. The van der Waals surface area contributed by atoms with E-state index in [4.69, 9.17) is 15.0 Å². The second kappa shape index (κ2) is 12.1. The molecule has 0 saturated heterocycles. The molecule has 0 atom stereocenters. The molecule has 0 N–H and O–H groups in total. The molecule has 0 amide bonds. The highest BCUT2D eigenvalue weighted by Gasteiger charge is 2.30. The third kappa shape index (κ3) is 5.45. The average Bonchev–Trinajstić information content (AvgIpc) is 3.09. The molecule has 3 aromatic heterocycles. The predicted octanol–water partition coefficient (Wildman–Crippen LogP) is 10.8. The standard InChI is InChI=1S/C42H33N3/c1-28-13-19-31(20-14-28)37-40(34-10-4-7-25-43-34)38(32-21-15-29(2)16-22-32)42(36-12-6-9-27-45-36)39(33-23-17-30(3)18-24-33)41(37)35-11-5-8-26-44-35/h4-27H,1-3H3. The van der Waals surface area contributed by atoms with Gasteiger partial charge in [-0.05, 0) is 73.9 Å². The topological polar surface area (TPSA) is 38.7 Å². The Bertz CT molecular complexity index is 1800. The lowest BCUT2D eigenvalue weighted by Gasteiger charge is -2.27. The SMILES string of the molecule is Cc1ccc(-c2c(-c3ccccn3)c(-c3ccc(C)cc3)c(-c3ccccn3)c(-c3ccc(C)cc3)c2-c2ccccn2)cc1. The summed E-state index contributed by atoms with van der Waals surface area (Å²) in [6, 6.07) is 44.9. The van der Waals surface area contributed by atoms with Crippen LogP contribution in [0, 0.1) is 20.8 Å². The first-order chi connectivity index (χ1) is 22.1. The highest BCUT2D eigenvalue weighted by atomic mass is 14.7. The fourth-order valence-electron chi connectivity index (χ4n) is 6.08. The second-order valence-corrected chi connectivity index (χ2v) is 11.5. The number of aryl methyl sites for hydroxylation is 3. The predicted molar refractivity (Wildman–Crippen MR) is 187 cm³/mol. The zero-order valence-electron chi connectivity index (χ0n) is 25.7. The van der Waals surface area contributed by atoms with Crippen molar-refractivity contribution in [3.63, 3.8) is 0 Å². The van der Waals surface area contributed by atoms with Gasteiger partial charge in [-0.25, -0.2) is 0 Å². The lowest BCUT2D eigenvalue weighted by atomic mass is 9.76. The van der Waals surface area contributed by atoms with Crippen LogP contribution in [0.5, 0.6) is 0 Å². The number of benzene rings is 4. The Hall–Kier alpha value is -5.67. The molecule has 45 heavy (non-hydrogen) atoms. The van der Waals surface area contributed by atoms with Gasteiger partial charge in [-0.2, -0.15) is 0 Å². The van der Waals surface area contributed by atoms with E-state index >= 15 is 0 Å². The van der Waals surface area contributed by atoms with Crippen molar-refractivity contribution >= 4 is 0 Å². The summed E-state index contributed by atoms with van der Waals surface area (Å²) in [5.41, 5.74) is 16.1. The Morgan fingerprint density at radius 2 is 0.556 bits per heavy atom. The van der Waals surface area contributed by atoms with Gasteiger partial charge in [0.25, 0.3) is 0 Å². The Balaban J connectivity index is 1.81. The van der Waals surface area contributed by atoms with Crippen LogP contribution in [-0.4, -0.2) is 15.0 Å². The maximum Gasteiger partial charge on any atom is 0.0714 e. The lowest BCUT2D eigenvalue weighted by Crippen LogP contribution is -2.04. The largest absolute Gasteiger partial charge is 0.256 e. The van der Waals surface area contributed by atoms with Gasteiger partial charge >= 0.3 is 0 Å². The van der Waals surface area contributed by atoms with Gasteiger partial charge in [-0.15, -0.1) is 0 Å². The maximum atomic E-state index is 5.00. The minimum atomic E-state index is 0.897. The summed E-state index contributed by atoms with van der Waals surface area (Å²) in [6.07, 6.45) is 5.63. The molecule has 7 aromatic rings. The highest BCUT2D eigenvalue weighted by molar-refractivity contribution is 6.14. The Morgan fingerprint density at radius 3 is 0.778 bits per heavy atom. The third-order valence-corrected chi connectivity index (χ3v) is 8.28. The van der Waals surface area contributed by atoms with E-state index in [1.807, 2.05) is 36.8 Å². The fourth-order valence-corrected chi connectivity index (χ4v) is 6.08. The van der Waals surface area contributed by atoms with Gasteiger partial charge in [-0.3, -0.25) is 15.0 Å². The third-order valence-electron chi connectivity index (χ3n) is 8.28. The molecule has 3 nitrogen and oxygen atoms in total. The van der Waals surface area contributed by atoms with E-state index in [1.165, 1.54) is 16.7 Å². The number of hydrogen-bond donors (Lipinski definition) is 0. The first-order valence-corrected chi connectivity index (χ1v) is 15.3. The molecule has 0 aliphatic rings. The van der Waals surface area contributed by atoms with Gasteiger partial charge in [-0.1, -0.05) is 108 Å². The molecular weight excluding hydrogens is 546 g/mol. The molecule has 0 fully saturated rings. The van der Waals surface area contributed by atoms with E-state index in [1.54, 1.807) is 0 Å². The van der Waals surface area contributed by atoms with E-state index < -0.39 is 0 Å². The number of hydrogen-bond acceptors (Lipinski definition) is 3. The zero-order valence-corrected chi connectivity index (χ0v) is 25.7. The van der Waals surface area contributed by atoms with E-state index in [0.29, 0.717) is 0 Å². The molecule has 0 aliphatic carbocycles. The second-order valence-electron chi connectivity index (χ2n) is 11.5. The smallest absolute Gasteiger partial charge is 0.0714 e. The van der Waals surface area contributed by atoms with Crippen molar-refractivity contribution in [1.29, 1.82) is 0 Å². The Labute approximate surface area is 265 Å². The Kier molecular flexibility index (Phi) is 7.59. The molecule has 0 aliphatic heterocycles. The summed E-state index contributed by atoms with van der Waals surface area (Å²) in [7, 11) is 0. The van der Waals surface area contributed by atoms with E-state index in [-0.39, 0.29) is 0 Å². The first-order valence-electron chi connectivity index (χ1n) is 15.3. The van der Waals surface area contributed by atoms with Crippen molar-refractivity contribution in [3.05, 3.63) is 163 Å². The van der Waals surface area contributed by atoms with E-state index in [0.717, 1.165) is 67.2 Å². The van der Waals surface area contributed by atoms with Crippen molar-refractivity contribution in [1.82, 2.24) is 15.0 Å². The van der Waals surface area contributed by atoms with Gasteiger partial charge in [0.1, 0.15) is 0 Å². The van der Waals surface area contributed by atoms with Crippen LogP contribution in [0.25, 0.3) is 67.2 Å². The van der Waals surface area contributed by atoms with Crippen LogP contribution >= 0.6 is 0 Å². The number of nitrogens with zero attached hydrogens (tertiary/aromatic N) is 3. The monoisotopic (exact) mass is 579 g/mol. The lowest BCUT2D eigenvalue weighted by molar-refractivity contribution is 1.29. The quantitative estimate of drug-likeness (QED) is 0.197. The normalized spacial score (nSPS) is 11.0. The molecule has 216 valence electrons. The van der Waals surface area contributed by atoms with Crippen LogP contribution in [0.15, 0.2) is 146 Å². The molecule has 0 saturated carbocycles. The van der Waals surface area contributed by atoms with Crippen LogP contribution < -0.4 is 0 Å².